The van der Waals surface area contributed by atoms with Crippen LogP contribution in [-0.4, -0.2) is 16.1 Å². The van der Waals surface area contributed by atoms with Crippen LogP contribution in [-0.2, 0) is 6.42 Å². The van der Waals surface area contributed by atoms with Crippen molar-refractivity contribution in [1.82, 2.24) is 9.55 Å². The summed E-state index contributed by atoms with van der Waals surface area (Å²) in [6, 6.07) is 4.70. The number of hydrogen-bond acceptors (Lipinski definition) is 2. The Balaban J connectivity index is 2.74. The number of nitrogens with two attached hydrogens (primary N) is 1. The van der Waals surface area contributed by atoms with E-state index in [1.54, 1.807) is 0 Å². The van der Waals surface area contributed by atoms with Crippen molar-refractivity contribution in [3.05, 3.63) is 29.1 Å². The SMILES string of the molecule is CCc1nc2cc(C)c(C)cc2n1C(C)CN. The summed E-state index contributed by atoms with van der Waals surface area (Å²) in [5.74, 6) is 1.13. The zero-order valence-corrected chi connectivity index (χ0v) is 11.1. The molecular formula is C14H21N3. The molecule has 2 N–H and O–H groups in total. The standard InChI is InChI=1S/C14H21N3/c1-5-14-16-12-6-9(2)10(3)7-13(12)17(14)11(4)8-15/h6-7,11H,5,8,15H2,1-4H3. The number of fused-ring (bicyclic) bond motifs is 1. The molecule has 0 radical (unpaired) electrons. The van der Waals surface area contributed by atoms with Crippen LogP contribution in [0.5, 0.6) is 0 Å². The van der Waals surface area contributed by atoms with Gasteiger partial charge in [0.25, 0.3) is 0 Å². The Morgan fingerprint density at radius 3 is 2.53 bits per heavy atom. The van der Waals surface area contributed by atoms with Gasteiger partial charge in [0.2, 0.25) is 0 Å². The molecule has 0 aliphatic heterocycles. The molecule has 1 atom stereocenters. The molecule has 0 aliphatic rings. The zero-order chi connectivity index (χ0) is 12.6. The Morgan fingerprint density at radius 1 is 1.29 bits per heavy atom. The van der Waals surface area contributed by atoms with Crippen LogP contribution in [0.15, 0.2) is 12.1 Å². The van der Waals surface area contributed by atoms with Crippen LogP contribution in [0.2, 0.25) is 0 Å². The first-order chi connectivity index (χ1) is 8.08. The van der Waals surface area contributed by atoms with E-state index in [9.17, 15) is 0 Å². The van der Waals surface area contributed by atoms with E-state index in [1.165, 1.54) is 16.6 Å². The minimum absolute atomic E-state index is 0.303. The smallest absolute Gasteiger partial charge is 0.109 e. The second-order valence-corrected chi connectivity index (χ2v) is 4.76. The van der Waals surface area contributed by atoms with Crippen molar-refractivity contribution in [2.75, 3.05) is 6.54 Å². The van der Waals surface area contributed by atoms with Gasteiger partial charge in [0.15, 0.2) is 0 Å². The molecule has 0 amide bonds. The second kappa shape index (κ2) is 4.49. The van der Waals surface area contributed by atoms with Gasteiger partial charge in [-0.2, -0.15) is 0 Å². The molecule has 3 nitrogen and oxygen atoms in total. The molecule has 2 aromatic rings. The van der Waals surface area contributed by atoms with Gasteiger partial charge in [-0.25, -0.2) is 4.98 Å². The predicted molar refractivity (Wildman–Crippen MR) is 72.4 cm³/mol. The monoisotopic (exact) mass is 231 g/mol. The van der Waals surface area contributed by atoms with Crippen LogP contribution >= 0.6 is 0 Å². The molecule has 0 aliphatic carbocycles. The molecule has 1 aromatic heterocycles. The topological polar surface area (TPSA) is 43.8 Å². The van der Waals surface area contributed by atoms with E-state index < -0.39 is 0 Å². The highest BCUT2D eigenvalue weighted by Gasteiger charge is 2.14. The van der Waals surface area contributed by atoms with Crippen molar-refractivity contribution >= 4 is 11.0 Å². The third-order valence-electron chi connectivity index (χ3n) is 3.48. The van der Waals surface area contributed by atoms with Gasteiger partial charge in [-0.1, -0.05) is 6.92 Å². The molecule has 0 spiro atoms. The fourth-order valence-corrected chi connectivity index (χ4v) is 2.25. The van der Waals surface area contributed by atoms with Crippen molar-refractivity contribution in [2.24, 2.45) is 5.73 Å². The average molecular weight is 231 g/mol. The summed E-state index contributed by atoms with van der Waals surface area (Å²) in [6.45, 7) is 9.21. The molecule has 0 fully saturated rings. The minimum atomic E-state index is 0.303. The first-order valence-electron chi connectivity index (χ1n) is 6.26. The first kappa shape index (κ1) is 12.1. The van der Waals surface area contributed by atoms with E-state index in [2.05, 4.69) is 44.4 Å². The molecule has 0 bridgehead atoms. The summed E-state index contributed by atoms with van der Waals surface area (Å²) in [7, 11) is 0. The van der Waals surface area contributed by atoms with Crippen molar-refractivity contribution in [3.8, 4) is 0 Å². The summed E-state index contributed by atoms with van der Waals surface area (Å²) >= 11 is 0. The van der Waals surface area contributed by atoms with Gasteiger partial charge in [-0.15, -0.1) is 0 Å². The lowest BCUT2D eigenvalue weighted by Gasteiger charge is -2.15. The fraction of sp³-hybridized carbons (Fsp3) is 0.500. The van der Waals surface area contributed by atoms with Crippen LogP contribution in [0, 0.1) is 13.8 Å². The van der Waals surface area contributed by atoms with Crippen LogP contribution in [0.1, 0.15) is 36.8 Å². The fourth-order valence-electron chi connectivity index (χ4n) is 2.25. The van der Waals surface area contributed by atoms with Gasteiger partial charge in [0.1, 0.15) is 5.82 Å². The first-order valence-corrected chi connectivity index (χ1v) is 6.26. The number of rotatable bonds is 3. The average Bonchev–Trinajstić information content (AvgIpc) is 2.66. The maximum absolute atomic E-state index is 5.80. The second-order valence-electron chi connectivity index (χ2n) is 4.76. The number of imidazole rings is 1. The van der Waals surface area contributed by atoms with Crippen LogP contribution in [0.3, 0.4) is 0 Å². The lowest BCUT2D eigenvalue weighted by molar-refractivity contribution is 0.550. The Kier molecular flexibility index (Phi) is 3.20. The lowest BCUT2D eigenvalue weighted by Crippen LogP contribution is -2.18. The zero-order valence-electron chi connectivity index (χ0n) is 11.1. The molecule has 0 saturated heterocycles. The van der Waals surface area contributed by atoms with E-state index in [4.69, 9.17) is 10.7 Å². The van der Waals surface area contributed by atoms with Crippen molar-refractivity contribution < 1.29 is 0 Å². The molecule has 17 heavy (non-hydrogen) atoms. The Morgan fingerprint density at radius 2 is 1.94 bits per heavy atom. The third-order valence-corrected chi connectivity index (χ3v) is 3.48. The van der Waals surface area contributed by atoms with Gasteiger partial charge in [-0.05, 0) is 44.0 Å². The highest BCUT2D eigenvalue weighted by atomic mass is 15.1. The van der Waals surface area contributed by atoms with Gasteiger partial charge in [0.05, 0.1) is 11.0 Å². The number of aromatic nitrogens is 2. The molecular weight excluding hydrogens is 210 g/mol. The molecule has 1 heterocycles. The van der Waals surface area contributed by atoms with Crippen molar-refractivity contribution in [1.29, 1.82) is 0 Å². The summed E-state index contributed by atoms with van der Waals surface area (Å²) in [4.78, 5) is 4.71. The van der Waals surface area contributed by atoms with Crippen LogP contribution < -0.4 is 5.73 Å². The third kappa shape index (κ3) is 1.95. The summed E-state index contributed by atoms with van der Waals surface area (Å²) in [5, 5.41) is 0. The van der Waals surface area contributed by atoms with E-state index in [-0.39, 0.29) is 0 Å². The Hall–Kier alpha value is -1.35. The molecule has 3 heteroatoms. The summed E-state index contributed by atoms with van der Waals surface area (Å²) < 4.78 is 2.28. The molecule has 0 saturated carbocycles. The number of benzene rings is 1. The maximum Gasteiger partial charge on any atom is 0.109 e. The largest absolute Gasteiger partial charge is 0.328 e. The Bertz CT molecular complexity index is 540. The molecule has 1 aromatic carbocycles. The number of hydrogen-bond donors (Lipinski definition) is 1. The van der Waals surface area contributed by atoms with Gasteiger partial charge < -0.3 is 10.3 Å². The Labute approximate surface area is 103 Å². The van der Waals surface area contributed by atoms with Crippen LogP contribution in [0.4, 0.5) is 0 Å². The quantitative estimate of drug-likeness (QED) is 0.882. The number of aryl methyl sites for hydroxylation is 3. The van der Waals surface area contributed by atoms with E-state index in [1.807, 2.05) is 0 Å². The van der Waals surface area contributed by atoms with Gasteiger partial charge >= 0.3 is 0 Å². The highest BCUT2D eigenvalue weighted by Crippen LogP contribution is 2.24. The lowest BCUT2D eigenvalue weighted by atomic mass is 10.1. The highest BCUT2D eigenvalue weighted by molar-refractivity contribution is 5.78. The normalized spacial score (nSPS) is 13.2. The van der Waals surface area contributed by atoms with E-state index in [0.29, 0.717) is 12.6 Å². The van der Waals surface area contributed by atoms with E-state index >= 15 is 0 Å². The number of nitrogens with zero attached hydrogens (tertiary/aromatic N) is 2. The molecule has 1 unspecified atom stereocenters. The molecule has 2 rings (SSSR count). The predicted octanol–water partition coefficient (Wildman–Crippen LogP) is 2.74. The summed E-state index contributed by atoms with van der Waals surface area (Å²) in [5.41, 5.74) is 10.7. The minimum Gasteiger partial charge on any atom is -0.328 e. The van der Waals surface area contributed by atoms with E-state index in [0.717, 1.165) is 17.8 Å². The van der Waals surface area contributed by atoms with Crippen LogP contribution in [0.25, 0.3) is 11.0 Å². The van der Waals surface area contributed by atoms with Gasteiger partial charge in [-0.3, -0.25) is 0 Å². The van der Waals surface area contributed by atoms with Crippen molar-refractivity contribution in [3.63, 3.8) is 0 Å². The maximum atomic E-state index is 5.80. The summed E-state index contributed by atoms with van der Waals surface area (Å²) in [6.07, 6.45) is 0.942. The molecule has 92 valence electrons. The van der Waals surface area contributed by atoms with Gasteiger partial charge in [0, 0.05) is 19.0 Å². The van der Waals surface area contributed by atoms with Crippen molar-refractivity contribution in [2.45, 2.75) is 40.2 Å².